The lowest BCUT2D eigenvalue weighted by atomic mass is 10.1. The van der Waals surface area contributed by atoms with Crippen molar-refractivity contribution in [2.75, 3.05) is 0 Å². The smallest absolute Gasteiger partial charge is 0.335 e. The van der Waals surface area contributed by atoms with Crippen LogP contribution in [0.25, 0.3) is 11.4 Å². The number of H-pyrrole nitrogens is 1. The molecule has 1 aromatic carbocycles. The van der Waals surface area contributed by atoms with Crippen molar-refractivity contribution in [3.05, 3.63) is 41.2 Å². The van der Waals surface area contributed by atoms with Crippen molar-refractivity contribution in [2.24, 2.45) is 0 Å². The highest BCUT2D eigenvalue weighted by molar-refractivity contribution is 5.89. The van der Waals surface area contributed by atoms with Crippen LogP contribution in [0, 0.1) is 6.92 Å². The Balaban J connectivity index is 2.45. The van der Waals surface area contributed by atoms with Gasteiger partial charge in [0.1, 0.15) is 5.82 Å². The number of benzene rings is 1. The molecule has 0 unspecified atom stereocenters. The molecule has 2 N–H and O–H groups in total. The number of aromatic amines is 1. The van der Waals surface area contributed by atoms with Gasteiger partial charge in [-0.2, -0.15) is 0 Å². The van der Waals surface area contributed by atoms with Gasteiger partial charge in [0, 0.05) is 11.3 Å². The normalized spacial score (nSPS) is 10.5. The minimum absolute atomic E-state index is 0.273. The van der Waals surface area contributed by atoms with Gasteiger partial charge in [-0.15, -0.1) is 0 Å². The Kier molecular flexibility index (Phi) is 2.95. The second kappa shape index (κ2) is 4.41. The van der Waals surface area contributed by atoms with Crippen molar-refractivity contribution < 1.29 is 9.90 Å². The number of aromatic carboxylic acids is 1. The zero-order valence-corrected chi connectivity index (χ0v) is 9.82. The molecule has 0 aliphatic heterocycles. The summed E-state index contributed by atoms with van der Waals surface area (Å²) in [7, 11) is 0. The van der Waals surface area contributed by atoms with E-state index in [2.05, 4.69) is 9.97 Å². The average Bonchev–Trinajstić information content (AvgIpc) is 2.71. The first kappa shape index (κ1) is 11.4. The first-order valence-corrected chi connectivity index (χ1v) is 5.51. The summed E-state index contributed by atoms with van der Waals surface area (Å²) >= 11 is 0. The number of carboxylic acid groups (broad SMARTS) is 1. The van der Waals surface area contributed by atoms with Crippen molar-refractivity contribution in [3.8, 4) is 11.4 Å². The highest BCUT2D eigenvalue weighted by Crippen LogP contribution is 2.19. The summed E-state index contributed by atoms with van der Waals surface area (Å²) in [6, 6.07) is 6.77. The van der Waals surface area contributed by atoms with Crippen molar-refractivity contribution in [1.82, 2.24) is 9.97 Å². The van der Waals surface area contributed by atoms with Crippen molar-refractivity contribution in [3.63, 3.8) is 0 Å². The Labute approximate surface area is 99.3 Å². The number of nitrogens with zero attached hydrogens (tertiary/aromatic N) is 1. The molecule has 0 saturated carbocycles. The molecule has 0 fully saturated rings. The van der Waals surface area contributed by atoms with E-state index >= 15 is 0 Å². The van der Waals surface area contributed by atoms with E-state index < -0.39 is 5.97 Å². The van der Waals surface area contributed by atoms with Crippen LogP contribution in [0.1, 0.15) is 28.7 Å². The molecule has 0 amide bonds. The van der Waals surface area contributed by atoms with Crippen LogP contribution in [0.4, 0.5) is 0 Å². The average molecular weight is 230 g/mol. The molecule has 1 aromatic heterocycles. The third kappa shape index (κ3) is 2.20. The first-order chi connectivity index (χ1) is 8.11. The van der Waals surface area contributed by atoms with Gasteiger partial charge in [-0.05, 0) is 25.5 Å². The Morgan fingerprint density at radius 3 is 2.82 bits per heavy atom. The summed E-state index contributed by atoms with van der Waals surface area (Å²) < 4.78 is 0. The summed E-state index contributed by atoms with van der Waals surface area (Å²) in [5.74, 6) is -0.201. The highest BCUT2D eigenvalue weighted by atomic mass is 16.4. The fraction of sp³-hybridized carbons (Fsp3) is 0.231. The number of aryl methyl sites for hydroxylation is 2. The summed E-state index contributed by atoms with van der Waals surface area (Å²) in [6.07, 6.45) is 0.862. The first-order valence-electron chi connectivity index (χ1n) is 5.51. The number of hydrogen-bond donors (Lipinski definition) is 2. The van der Waals surface area contributed by atoms with Gasteiger partial charge in [-0.1, -0.05) is 19.1 Å². The number of rotatable bonds is 3. The molecule has 4 nitrogen and oxygen atoms in total. The number of nitrogens with one attached hydrogen (secondary N) is 1. The molecule has 2 rings (SSSR count). The molecule has 0 aliphatic rings. The van der Waals surface area contributed by atoms with Crippen LogP contribution >= 0.6 is 0 Å². The van der Waals surface area contributed by atoms with E-state index in [0.29, 0.717) is 0 Å². The lowest BCUT2D eigenvalue weighted by Gasteiger charge is -1.98. The summed E-state index contributed by atoms with van der Waals surface area (Å²) in [4.78, 5) is 18.5. The summed E-state index contributed by atoms with van der Waals surface area (Å²) in [6.45, 7) is 4.01. The van der Waals surface area contributed by atoms with Gasteiger partial charge in [0.05, 0.1) is 11.3 Å². The van der Waals surface area contributed by atoms with Crippen molar-refractivity contribution >= 4 is 5.97 Å². The number of aromatic nitrogens is 2. The maximum absolute atomic E-state index is 10.9. The summed E-state index contributed by atoms with van der Waals surface area (Å²) in [5, 5.41) is 8.93. The van der Waals surface area contributed by atoms with Gasteiger partial charge in [0.2, 0.25) is 0 Å². The fourth-order valence-electron chi connectivity index (χ4n) is 1.78. The Bertz CT molecular complexity index is 558. The van der Waals surface area contributed by atoms with Crippen LogP contribution in [0.3, 0.4) is 0 Å². The molecular weight excluding hydrogens is 216 g/mol. The van der Waals surface area contributed by atoms with E-state index in [1.807, 2.05) is 19.9 Å². The molecule has 17 heavy (non-hydrogen) atoms. The molecule has 4 heteroatoms. The predicted molar refractivity (Wildman–Crippen MR) is 65.1 cm³/mol. The SMILES string of the molecule is CCc1nc(-c2cccc(C(=O)O)c2)[nH]c1C. The molecule has 0 spiro atoms. The standard InChI is InChI=1S/C13H14N2O2/c1-3-11-8(2)14-12(15-11)9-5-4-6-10(7-9)13(16)17/h4-7H,3H2,1-2H3,(H,14,15)(H,16,17). The topological polar surface area (TPSA) is 66.0 Å². The van der Waals surface area contributed by atoms with Crippen LogP contribution in [0.2, 0.25) is 0 Å². The number of carbonyl (C=O) groups is 1. The third-order valence-electron chi connectivity index (χ3n) is 2.70. The quantitative estimate of drug-likeness (QED) is 0.851. The van der Waals surface area contributed by atoms with Gasteiger partial charge >= 0.3 is 5.97 Å². The maximum atomic E-state index is 10.9. The molecule has 0 bridgehead atoms. The van der Waals surface area contributed by atoms with E-state index in [0.717, 1.165) is 29.2 Å². The molecule has 0 atom stereocenters. The summed E-state index contributed by atoms with van der Waals surface area (Å²) in [5.41, 5.74) is 3.12. The number of carboxylic acids is 1. The van der Waals surface area contributed by atoms with Crippen LogP contribution in [-0.4, -0.2) is 21.0 Å². The lowest BCUT2D eigenvalue weighted by molar-refractivity contribution is 0.0697. The van der Waals surface area contributed by atoms with Crippen molar-refractivity contribution in [1.29, 1.82) is 0 Å². The minimum Gasteiger partial charge on any atom is -0.478 e. The van der Waals surface area contributed by atoms with E-state index in [4.69, 9.17) is 5.11 Å². The van der Waals surface area contributed by atoms with Crippen molar-refractivity contribution in [2.45, 2.75) is 20.3 Å². The predicted octanol–water partition coefficient (Wildman–Crippen LogP) is 2.65. The molecule has 0 aliphatic carbocycles. The van der Waals surface area contributed by atoms with Crippen LogP contribution in [0.5, 0.6) is 0 Å². The molecular formula is C13H14N2O2. The van der Waals surface area contributed by atoms with Gasteiger partial charge < -0.3 is 10.1 Å². The third-order valence-corrected chi connectivity index (χ3v) is 2.70. The largest absolute Gasteiger partial charge is 0.478 e. The van der Waals surface area contributed by atoms with Crippen LogP contribution < -0.4 is 0 Å². The minimum atomic E-state index is -0.925. The number of imidazole rings is 1. The van der Waals surface area contributed by atoms with Gasteiger partial charge in [-0.25, -0.2) is 9.78 Å². The molecule has 2 aromatic rings. The fourth-order valence-corrected chi connectivity index (χ4v) is 1.78. The van der Waals surface area contributed by atoms with Gasteiger partial charge in [0.15, 0.2) is 0 Å². The van der Waals surface area contributed by atoms with Gasteiger partial charge in [-0.3, -0.25) is 0 Å². The Morgan fingerprint density at radius 2 is 2.24 bits per heavy atom. The van der Waals surface area contributed by atoms with Crippen LogP contribution in [0.15, 0.2) is 24.3 Å². The molecule has 1 heterocycles. The molecule has 0 radical (unpaired) electrons. The zero-order chi connectivity index (χ0) is 12.4. The monoisotopic (exact) mass is 230 g/mol. The second-order valence-corrected chi connectivity index (χ2v) is 3.90. The van der Waals surface area contributed by atoms with Crippen LogP contribution in [-0.2, 0) is 6.42 Å². The van der Waals surface area contributed by atoms with Gasteiger partial charge in [0.25, 0.3) is 0 Å². The van der Waals surface area contributed by atoms with E-state index in [1.54, 1.807) is 18.2 Å². The Hall–Kier alpha value is -2.10. The van der Waals surface area contributed by atoms with E-state index in [9.17, 15) is 4.79 Å². The molecule has 88 valence electrons. The Morgan fingerprint density at radius 1 is 1.47 bits per heavy atom. The maximum Gasteiger partial charge on any atom is 0.335 e. The van der Waals surface area contributed by atoms with E-state index in [-0.39, 0.29) is 5.56 Å². The molecule has 0 saturated heterocycles. The van der Waals surface area contributed by atoms with E-state index in [1.165, 1.54) is 0 Å². The lowest BCUT2D eigenvalue weighted by Crippen LogP contribution is -1.96. The highest BCUT2D eigenvalue weighted by Gasteiger charge is 2.09. The zero-order valence-electron chi connectivity index (χ0n) is 9.82. The number of hydrogen-bond acceptors (Lipinski definition) is 2. The second-order valence-electron chi connectivity index (χ2n) is 3.90.